The Labute approximate surface area is 120 Å². The second-order valence-electron chi connectivity index (χ2n) is 6.25. The van der Waals surface area contributed by atoms with Crippen molar-refractivity contribution in [2.24, 2.45) is 0 Å². The van der Waals surface area contributed by atoms with Gasteiger partial charge in [0, 0.05) is 12.4 Å². The minimum atomic E-state index is -0.915. The summed E-state index contributed by atoms with van der Waals surface area (Å²) in [6.07, 6.45) is 3.93. The van der Waals surface area contributed by atoms with Gasteiger partial charge in [0.05, 0.1) is 11.2 Å². The molecule has 1 saturated heterocycles. The highest BCUT2D eigenvalue weighted by atomic mass is 19.1. The van der Waals surface area contributed by atoms with Crippen molar-refractivity contribution in [2.45, 2.75) is 52.2 Å². The second kappa shape index (κ2) is 5.30. The highest BCUT2D eigenvalue weighted by molar-refractivity contribution is 6.53. The maximum absolute atomic E-state index is 14.5. The Morgan fingerprint density at radius 3 is 2.15 bits per heavy atom. The van der Waals surface area contributed by atoms with Crippen molar-refractivity contribution in [1.82, 2.24) is 4.98 Å². The molecule has 0 N–H and O–H groups in total. The van der Waals surface area contributed by atoms with Crippen molar-refractivity contribution in [3.63, 3.8) is 0 Å². The predicted molar refractivity (Wildman–Crippen MR) is 77.8 cm³/mol. The number of hydrogen-bond donors (Lipinski definition) is 0. The lowest BCUT2D eigenvalue weighted by molar-refractivity contribution is 0.00578. The van der Waals surface area contributed by atoms with Crippen LogP contribution in [0.2, 0.25) is 0 Å². The molecule has 0 amide bonds. The number of nitrogens with zero attached hydrogens (tertiary/aromatic N) is 1. The number of pyridine rings is 1. The molecule has 3 nitrogen and oxygen atoms in total. The van der Waals surface area contributed by atoms with Gasteiger partial charge in [-0.3, -0.25) is 4.98 Å². The summed E-state index contributed by atoms with van der Waals surface area (Å²) in [5.74, 6) is 0. The van der Waals surface area contributed by atoms with Crippen LogP contribution >= 0.6 is 0 Å². The summed E-state index contributed by atoms with van der Waals surface area (Å²) >= 11 is 0. The normalized spacial score (nSPS) is 21.8. The van der Waals surface area contributed by atoms with Gasteiger partial charge in [-0.25, -0.2) is 4.39 Å². The van der Waals surface area contributed by atoms with Gasteiger partial charge in [-0.05, 0) is 64.3 Å². The summed E-state index contributed by atoms with van der Waals surface area (Å²) in [5, 5.41) is 0. The topological polar surface area (TPSA) is 31.4 Å². The Hall–Kier alpha value is -1.20. The van der Waals surface area contributed by atoms with Crippen LogP contribution in [0.1, 0.15) is 40.2 Å². The highest BCUT2D eigenvalue weighted by Crippen LogP contribution is 2.39. The predicted octanol–water partition coefficient (Wildman–Crippen LogP) is 3.50. The lowest BCUT2D eigenvalue weighted by Gasteiger charge is -2.32. The fraction of sp³-hybridized carbons (Fsp3) is 0.533. The molecule has 0 saturated carbocycles. The van der Waals surface area contributed by atoms with Gasteiger partial charge in [0.1, 0.15) is 5.73 Å². The van der Waals surface area contributed by atoms with Gasteiger partial charge >= 0.3 is 7.12 Å². The second-order valence-corrected chi connectivity index (χ2v) is 6.25. The Morgan fingerprint density at radius 2 is 1.65 bits per heavy atom. The third-order valence-corrected chi connectivity index (χ3v) is 4.09. The van der Waals surface area contributed by atoms with E-state index in [4.69, 9.17) is 9.31 Å². The molecule has 1 aromatic heterocycles. The van der Waals surface area contributed by atoms with Crippen molar-refractivity contribution in [1.29, 1.82) is 0 Å². The van der Waals surface area contributed by atoms with Crippen LogP contribution < -0.4 is 0 Å². The first kappa shape index (κ1) is 15.2. The van der Waals surface area contributed by atoms with E-state index in [0.717, 1.165) is 5.56 Å². The molecule has 1 fully saturated rings. The summed E-state index contributed by atoms with van der Waals surface area (Å²) < 4.78 is 25.9. The van der Waals surface area contributed by atoms with Crippen LogP contribution in [0.4, 0.5) is 4.39 Å². The monoisotopic (exact) mass is 277 g/mol. The first-order chi connectivity index (χ1) is 9.23. The average molecular weight is 277 g/mol. The number of allylic oxidation sites excluding steroid dienone is 1. The van der Waals surface area contributed by atoms with Gasteiger partial charge in [-0.1, -0.05) is 0 Å². The lowest BCUT2D eigenvalue weighted by Crippen LogP contribution is -2.41. The molecule has 1 aromatic rings. The zero-order valence-electron chi connectivity index (χ0n) is 12.7. The van der Waals surface area contributed by atoms with Crippen LogP contribution in [-0.2, 0) is 15.7 Å². The van der Waals surface area contributed by atoms with Crippen LogP contribution in [-0.4, -0.2) is 23.3 Å². The lowest BCUT2D eigenvalue weighted by atomic mass is 9.83. The molecule has 5 heteroatoms. The zero-order chi connectivity index (χ0) is 15.0. The van der Waals surface area contributed by atoms with Crippen molar-refractivity contribution in [3.05, 3.63) is 41.4 Å². The molecular weight excluding hydrogens is 256 g/mol. The van der Waals surface area contributed by atoms with Gasteiger partial charge in [0.25, 0.3) is 0 Å². The number of halogens is 1. The molecule has 0 aliphatic carbocycles. The molecule has 2 rings (SSSR count). The Bertz CT molecular complexity index is 498. The van der Waals surface area contributed by atoms with Crippen molar-refractivity contribution < 1.29 is 13.7 Å². The third kappa shape index (κ3) is 2.94. The molecule has 0 radical (unpaired) electrons. The summed E-state index contributed by atoms with van der Waals surface area (Å²) in [7, 11) is -0.915. The molecule has 0 aromatic carbocycles. The van der Waals surface area contributed by atoms with Gasteiger partial charge in [0.15, 0.2) is 0 Å². The van der Waals surface area contributed by atoms with E-state index in [2.05, 4.69) is 4.98 Å². The van der Waals surface area contributed by atoms with E-state index < -0.39 is 18.3 Å². The smallest absolute Gasteiger partial charge is 0.398 e. The quantitative estimate of drug-likeness (QED) is 0.792. The molecule has 0 unspecified atom stereocenters. The molecule has 0 spiro atoms. The van der Waals surface area contributed by atoms with Crippen LogP contribution in [0.25, 0.3) is 0 Å². The fourth-order valence-electron chi connectivity index (χ4n) is 2.04. The molecule has 0 atom stereocenters. The van der Waals surface area contributed by atoms with Gasteiger partial charge in [0.2, 0.25) is 0 Å². The first-order valence-electron chi connectivity index (χ1n) is 6.82. The van der Waals surface area contributed by atoms with Crippen LogP contribution in [0.3, 0.4) is 0 Å². The molecular formula is C15H21BFNO2. The number of hydrogen-bond acceptors (Lipinski definition) is 3. The number of rotatable bonds is 3. The Balaban J connectivity index is 2.15. The van der Waals surface area contributed by atoms with Crippen molar-refractivity contribution in [3.8, 4) is 0 Å². The van der Waals surface area contributed by atoms with Gasteiger partial charge in [-0.15, -0.1) is 0 Å². The minimum Gasteiger partial charge on any atom is -0.398 e. The molecule has 2 heterocycles. The van der Waals surface area contributed by atoms with E-state index in [1.54, 1.807) is 19.3 Å². The Morgan fingerprint density at radius 1 is 1.15 bits per heavy atom. The zero-order valence-corrected chi connectivity index (χ0v) is 12.7. The molecule has 20 heavy (non-hydrogen) atoms. The van der Waals surface area contributed by atoms with Crippen molar-refractivity contribution >= 4 is 7.12 Å². The van der Waals surface area contributed by atoms with E-state index in [1.165, 1.54) is 0 Å². The van der Waals surface area contributed by atoms with Gasteiger partial charge in [-0.2, -0.15) is 0 Å². The van der Waals surface area contributed by atoms with Crippen molar-refractivity contribution in [2.75, 3.05) is 0 Å². The molecule has 108 valence electrons. The summed E-state index contributed by atoms with van der Waals surface area (Å²) in [6.45, 7) is 9.43. The standard InChI is InChI=1S/C15H21BFNO2/c1-11(10-12-6-8-18-9-7-12)13(17)16-19-14(2,3)15(4,5)20-16/h6-9H,10H2,1-5H3. The highest BCUT2D eigenvalue weighted by Gasteiger charge is 2.53. The summed E-state index contributed by atoms with van der Waals surface area (Å²) in [4.78, 5) is 3.95. The molecule has 1 aliphatic heterocycles. The van der Waals surface area contributed by atoms with E-state index in [-0.39, 0.29) is 5.73 Å². The largest absolute Gasteiger partial charge is 0.525 e. The average Bonchev–Trinajstić information content (AvgIpc) is 2.58. The van der Waals surface area contributed by atoms with Crippen LogP contribution in [0.5, 0.6) is 0 Å². The summed E-state index contributed by atoms with van der Waals surface area (Å²) in [6, 6.07) is 3.75. The summed E-state index contributed by atoms with van der Waals surface area (Å²) in [5.41, 5.74) is 0.261. The molecule has 1 aliphatic rings. The first-order valence-corrected chi connectivity index (χ1v) is 6.82. The maximum atomic E-state index is 14.5. The van der Waals surface area contributed by atoms with E-state index in [9.17, 15) is 4.39 Å². The fourth-order valence-corrected chi connectivity index (χ4v) is 2.04. The Kier molecular flexibility index (Phi) is 4.03. The third-order valence-electron chi connectivity index (χ3n) is 4.09. The SMILES string of the molecule is CC(Cc1ccncc1)=C(F)B1OC(C)(C)C(C)(C)O1. The van der Waals surface area contributed by atoms with Gasteiger partial charge < -0.3 is 9.31 Å². The molecule has 0 bridgehead atoms. The minimum absolute atomic E-state index is 0.333. The maximum Gasteiger partial charge on any atom is 0.525 e. The van der Waals surface area contributed by atoms with Crippen LogP contribution in [0, 0.1) is 0 Å². The number of aromatic nitrogens is 1. The van der Waals surface area contributed by atoms with E-state index in [1.807, 2.05) is 39.8 Å². The van der Waals surface area contributed by atoms with Crippen LogP contribution in [0.15, 0.2) is 35.8 Å². The van der Waals surface area contributed by atoms with E-state index >= 15 is 0 Å². The van der Waals surface area contributed by atoms with E-state index in [0.29, 0.717) is 12.0 Å².